The van der Waals surface area contributed by atoms with Gasteiger partial charge in [-0.15, -0.1) is 16.4 Å². The first kappa shape index (κ1) is 15.0. The van der Waals surface area contributed by atoms with Gasteiger partial charge in [0.15, 0.2) is 0 Å². The van der Waals surface area contributed by atoms with Crippen LogP contribution in [0.4, 0.5) is 0 Å². The maximum absolute atomic E-state index is 4.51. The van der Waals surface area contributed by atoms with E-state index in [0.29, 0.717) is 0 Å². The second-order valence-corrected chi connectivity index (χ2v) is 7.05. The average Bonchev–Trinajstić information content (AvgIpc) is 3.31. The monoisotopic (exact) mass is 351 g/mol. The summed E-state index contributed by atoms with van der Waals surface area (Å²) in [5, 5.41) is 13.8. The summed E-state index contributed by atoms with van der Waals surface area (Å²) in [5.41, 5.74) is 2.10. The predicted molar refractivity (Wildman–Crippen MR) is 96.3 cm³/mol. The normalized spacial score (nSPS) is 10.8. The summed E-state index contributed by atoms with van der Waals surface area (Å²) in [4.78, 5) is 5.71. The first-order chi connectivity index (χ1) is 11.9. The van der Waals surface area contributed by atoms with Crippen molar-refractivity contribution in [2.45, 2.75) is 10.9 Å². The molecule has 0 amide bonds. The molecule has 4 aromatic rings. The maximum atomic E-state index is 4.51. The van der Waals surface area contributed by atoms with Crippen LogP contribution in [0.15, 0.2) is 72.0 Å². The van der Waals surface area contributed by atoms with Crippen LogP contribution in [0.25, 0.3) is 16.3 Å². The van der Waals surface area contributed by atoms with E-state index in [1.54, 1.807) is 27.8 Å². The van der Waals surface area contributed by atoms with E-state index >= 15 is 0 Å². The molecule has 0 bridgehead atoms. The van der Waals surface area contributed by atoms with Crippen LogP contribution in [0, 0.1) is 0 Å². The van der Waals surface area contributed by atoms with Gasteiger partial charge in [-0.1, -0.05) is 60.3 Å². The molecule has 0 fully saturated rings. The van der Waals surface area contributed by atoms with E-state index in [1.807, 2.05) is 54.7 Å². The standard InChI is InChI=1S/C17H13N5S2/c1-3-7-13(8-4-1)16-18-11-15(24-16)12-23-17-19-20-21-22(17)14-9-5-2-6-10-14/h1-11H,12H2. The molecule has 0 radical (unpaired) electrons. The molecule has 2 heterocycles. The van der Waals surface area contributed by atoms with Crippen molar-refractivity contribution in [3.05, 3.63) is 71.7 Å². The van der Waals surface area contributed by atoms with E-state index in [0.717, 1.165) is 27.2 Å². The number of hydrogen-bond acceptors (Lipinski definition) is 6. The summed E-state index contributed by atoms with van der Waals surface area (Å²) in [5.74, 6) is 0.789. The fourth-order valence-corrected chi connectivity index (χ4v) is 4.05. The van der Waals surface area contributed by atoms with Gasteiger partial charge in [-0.3, -0.25) is 0 Å². The molecule has 118 valence electrons. The van der Waals surface area contributed by atoms with Crippen LogP contribution in [0.5, 0.6) is 0 Å². The second-order valence-electron chi connectivity index (χ2n) is 5.00. The van der Waals surface area contributed by atoms with Gasteiger partial charge in [0, 0.05) is 22.4 Å². The quantitative estimate of drug-likeness (QED) is 0.507. The molecule has 0 aliphatic rings. The van der Waals surface area contributed by atoms with Gasteiger partial charge < -0.3 is 0 Å². The first-order valence-corrected chi connectivity index (χ1v) is 9.17. The van der Waals surface area contributed by atoms with Crippen molar-refractivity contribution >= 4 is 23.1 Å². The molecule has 2 aromatic heterocycles. The molecule has 0 saturated carbocycles. The average molecular weight is 351 g/mol. The highest BCUT2D eigenvalue weighted by Crippen LogP contribution is 2.29. The second kappa shape index (κ2) is 6.94. The summed E-state index contributed by atoms with van der Waals surface area (Å²) in [6.45, 7) is 0. The van der Waals surface area contributed by atoms with Gasteiger partial charge in [0.05, 0.1) is 5.69 Å². The molecule has 0 atom stereocenters. The number of para-hydroxylation sites is 1. The van der Waals surface area contributed by atoms with Crippen molar-refractivity contribution in [1.29, 1.82) is 0 Å². The Morgan fingerprint density at radius 2 is 1.71 bits per heavy atom. The minimum absolute atomic E-state index is 0.774. The van der Waals surface area contributed by atoms with Crippen molar-refractivity contribution in [2.75, 3.05) is 0 Å². The summed E-state index contributed by atoms with van der Waals surface area (Å²) in [6.07, 6.45) is 1.93. The summed E-state index contributed by atoms with van der Waals surface area (Å²) in [7, 11) is 0. The third-order valence-corrected chi connectivity index (χ3v) is 5.56. The number of thioether (sulfide) groups is 1. The van der Waals surface area contributed by atoms with Gasteiger partial charge in [-0.05, 0) is 22.6 Å². The lowest BCUT2D eigenvalue weighted by atomic mass is 10.2. The van der Waals surface area contributed by atoms with Crippen LogP contribution in [0.2, 0.25) is 0 Å². The van der Waals surface area contributed by atoms with Gasteiger partial charge in [0.1, 0.15) is 5.01 Å². The van der Waals surface area contributed by atoms with Gasteiger partial charge in [-0.25, -0.2) is 4.98 Å². The Balaban J connectivity index is 1.49. The first-order valence-electron chi connectivity index (χ1n) is 7.37. The van der Waals surface area contributed by atoms with Gasteiger partial charge in [0.2, 0.25) is 5.16 Å². The van der Waals surface area contributed by atoms with Crippen LogP contribution in [-0.4, -0.2) is 25.2 Å². The van der Waals surface area contributed by atoms with Crippen LogP contribution in [0.3, 0.4) is 0 Å². The lowest BCUT2D eigenvalue weighted by Gasteiger charge is -2.02. The van der Waals surface area contributed by atoms with Crippen molar-refractivity contribution < 1.29 is 0 Å². The van der Waals surface area contributed by atoms with Crippen molar-refractivity contribution in [3.8, 4) is 16.3 Å². The number of rotatable bonds is 5. The third-order valence-electron chi connectivity index (χ3n) is 3.36. The zero-order valence-corrected chi connectivity index (χ0v) is 14.2. The van der Waals surface area contributed by atoms with E-state index in [1.165, 1.54) is 4.88 Å². The van der Waals surface area contributed by atoms with Crippen LogP contribution >= 0.6 is 23.1 Å². The maximum Gasteiger partial charge on any atom is 0.214 e. The smallest absolute Gasteiger partial charge is 0.214 e. The lowest BCUT2D eigenvalue weighted by molar-refractivity contribution is 0.756. The van der Waals surface area contributed by atoms with Gasteiger partial charge in [-0.2, -0.15) is 4.68 Å². The number of nitrogens with zero attached hydrogens (tertiary/aromatic N) is 5. The molecule has 0 N–H and O–H groups in total. The highest BCUT2D eigenvalue weighted by Gasteiger charge is 2.10. The molecular weight excluding hydrogens is 338 g/mol. The molecule has 0 unspecified atom stereocenters. The van der Waals surface area contributed by atoms with Crippen molar-refractivity contribution in [1.82, 2.24) is 25.2 Å². The Labute approximate surface area is 147 Å². The zero-order valence-electron chi connectivity index (χ0n) is 12.6. The number of tetrazole rings is 1. The SMILES string of the molecule is c1ccc(-c2ncc(CSc3nnnn3-c3ccccc3)s2)cc1. The summed E-state index contributed by atoms with van der Waals surface area (Å²) in [6, 6.07) is 20.1. The number of thiazole rings is 1. The fourth-order valence-electron chi connectivity index (χ4n) is 2.22. The molecule has 0 aliphatic heterocycles. The minimum Gasteiger partial charge on any atom is -0.244 e. The summed E-state index contributed by atoms with van der Waals surface area (Å²) < 4.78 is 1.75. The van der Waals surface area contributed by atoms with Gasteiger partial charge in [0.25, 0.3) is 0 Å². The summed E-state index contributed by atoms with van der Waals surface area (Å²) >= 11 is 3.31. The Bertz CT molecular complexity index is 918. The fraction of sp³-hybridized carbons (Fsp3) is 0.0588. The predicted octanol–water partition coefficient (Wildman–Crippen LogP) is 4.08. The molecule has 24 heavy (non-hydrogen) atoms. The van der Waals surface area contributed by atoms with Crippen LogP contribution in [-0.2, 0) is 5.75 Å². The Morgan fingerprint density at radius 1 is 0.958 bits per heavy atom. The van der Waals surface area contributed by atoms with Crippen LogP contribution in [0.1, 0.15) is 4.88 Å². The molecule has 4 rings (SSSR count). The molecule has 7 heteroatoms. The van der Waals surface area contributed by atoms with Crippen molar-refractivity contribution in [2.24, 2.45) is 0 Å². The Hall–Kier alpha value is -2.51. The molecule has 0 aliphatic carbocycles. The molecule has 5 nitrogen and oxygen atoms in total. The highest BCUT2D eigenvalue weighted by molar-refractivity contribution is 7.98. The number of hydrogen-bond donors (Lipinski definition) is 0. The topological polar surface area (TPSA) is 56.5 Å². The van der Waals surface area contributed by atoms with Crippen LogP contribution < -0.4 is 0 Å². The molecule has 0 spiro atoms. The van der Waals surface area contributed by atoms with Crippen molar-refractivity contribution in [3.63, 3.8) is 0 Å². The zero-order chi connectivity index (χ0) is 16.2. The number of benzene rings is 2. The highest BCUT2D eigenvalue weighted by atomic mass is 32.2. The van der Waals surface area contributed by atoms with Gasteiger partial charge >= 0.3 is 0 Å². The van der Waals surface area contributed by atoms with E-state index in [4.69, 9.17) is 0 Å². The third kappa shape index (κ3) is 3.22. The number of aromatic nitrogens is 5. The van der Waals surface area contributed by atoms with E-state index in [-0.39, 0.29) is 0 Å². The lowest BCUT2D eigenvalue weighted by Crippen LogP contribution is -1.98. The minimum atomic E-state index is 0.774. The largest absolute Gasteiger partial charge is 0.244 e. The molecular formula is C17H13N5S2. The van der Waals surface area contributed by atoms with E-state index in [2.05, 4.69) is 32.6 Å². The molecule has 2 aromatic carbocycles. The van der Waals surface area contributed by atoms with E-state index < -0.39 is 0 Å². The Kier molecular flexibility index (Phi) is 4.35. The molecule has 0 saturated heterocycles. The Morgan fingerprint density at radius 3 is 2.50 bits per heavy atom. The van der Waals surface area contributed by atoms with E-state index in [9.17, 15) is 0 Å².